The highest BCUT2D eigenvalue weighted by Gasteiger charge is 2.52. The Labute approximate surface area is 391 Å². The molecular weight excluding hydrogens is 807 g/mol. The van der Waals surface area contributed by atoms with Gasteiger partial charge >= 0.3 is 0 Å². The highest BCUT2D eigenvalue weighted by atomic mass is 15.1. The molecule has 0 unspecified atom stereocenters. The van der Waals surface area contributed by atoms with Crippen molar-refractivity contribution in [1.82, 2.24) is 0 Å². The third-order valence-corrected chi connectivity index (χ3v) is 16.4. The van der Waals surface area contributed by atoms with Crippen LogP contribution in [0.4, 0.5) is 17.1 Å². The third-order valence-electron chi connectivity index (χ3n) is 16.4. The lowest BCUT2D eigenvalue weighted by molar-refractivity contribution is 0.550. The van der Waals surface area contributed by atoms with Crippen molar-refractivity contribution in [1.29, 1.82) is 0 Å². The number of nitrogens with zero attached hydrogens (tertiary/aromatic N) is 1. The van der Waals surface area contributed by atoms with Crippen LogP contribution in [0.5, 0.6) is 0 Å². The number of hydrogen-bond acceptors (Lipinski definition) is 1. The van der Waals surface area contributed by atoms with Gasteiger partial charge in [0.25, 0.3) is 0 Å². The first-order valence-electron chi connectivity index (χ1n) is 24.1. The second kappa shape index (κ2) is 13.8. The van der Waals surface area contributed by atoms with Crippen LogP contribution in [0.25, 0.3) is 76.8 Å². The van der Waals surface area contributed by atoms with Gasteiger partial charge < -0.3 is 4.90 Å². The van der Waals surface area contributed by atoms with E-state index >= 15 is 0 Å². The second-order valence-electron chi connectivity index (χ2n) is 19.4. The quantitative estimate of drug-likeness (QED) is 0.159. The highest BCUT2D eigenvalue weighted by molar-refractivity contribution is 6.26. The van der Waals surface area contributed by atoms with E-state index in [9.17, 15) is 0 Å². The molecule has 15 rings (SSSR count). The fourth-order valence-corrected chi connectivity index (χ4v) is 13.7. The molecule has 4 aliphatic carbocycles. The maximum Gasteiger partial charge on any atom is 0.0726 e. The Bertz CT molecular complexity index is 3810. The van der Waals surface area contributed by atoms with Crippen LogP contribution in [0, 0.1) is 0 Å². The average Bonchev–Trinajstić information content (AvgIpc) is 4.15. The van der Waals surface area contributed by atoms with Crippen LogP contribution in [0.1, 0.15) is 59.1 Å². The average molecular weight is 852 g/mol. The van der Waals surface area contributed by atoms with Crippen molar-refractivity contribution < 1.29 is 0 Å². The SMILES string of the molecule is c1ccc(-c2cc3c(cc2N(c2ccc4c(c2)-c2ccccc2C42CCCC2)c2ccc4c5ccccc5c5ccccc5c4c2)C2(c4ccccc4-c4ccccc42)c2ccccc2-3)cc1. The largest absolute Gasteiger partial charge is 0.310 e. The Kier molecular flexibility index (Phi) is 7.65. The fourth-order valence-electron chi connectivity index (χ4n) is 13.7. The summed E-state index contributed by atoms with van der Waals surface area (Å²) in [4.78, 5) is 2.61. The summed E-state index contributed by atoms with van der Waals surface area (Å²) in [5.74, 6) is 0. The van der Waals surface area contributed by atoms with Crippen LogP contribution in [0.3, 0.4) is 0 Å². The molecule has 11 aromatic rings. The standard InChI is InChI=1S/C66H45N/c1-2-18-42(19-3-1)54-40-57-53-27-11-15-31-62(53)66(60-29-13-9-24-50(60)51-25-10-14-30-61(51)66)63(57)41-64(54)67(44-33-35-59-56(39-44)52-26-8-12-28-58(52)65(59)36-16-17-37-65)43-32-34-49-47-22-5-4-20-45(47)46-21-6-7-23-48(46)55(49)38-43/h1-15,18-35,38-41H,16-17,36-37H2. The predicted octanol–water partition coefficient (Wildman–Crippen LogP) is 17.5. The first-order valence-corrected chi connectivity index (χ1v) is 24.1. The van der Waals surface area contributed by atoms with Crippen molar-refractivity contribution >= 4 is 49.4 Å². The minimum Gasteiger partial charge on any atom is -0.310 e. The molecule has 0 heterocycles. The molecule has 1 fully saturated rings. The summed E-state index contributed by atoms with van der Waals surface area (Å²) in [5.41, 5.74) is 21.9. The van der Waals surface area contributed by atoms with Gasteiger partial charge in [0.2, 0.25) is 0 Å². The second-order valence-corrected chi connectivity index (χ2v) is 19.4. The van der Waals surface area contributed by atoms with E-state index in [-0.39, 0.29) is 5.41 Å². The van der Waals surface area contributed by atoms with Crippen LogP contribution in [0.2, 0.25) is 0 Å². The lowest BCUT2D eigenvalue weighted by Crippen LogP contribution is -2.26. The van der Waals surface area contributed by atoms with Gasteiger partial charge in [-0.2, -0.15) is 0 Å². The summed E-state index contributed by atoms with van der Waals surface area (Å²) in [6.07, 6.45) is 4.96. The molecule has 0 N–H and O–H groups in total. The fraction of sp³-hybridized carbons (Fsp3) is 0.0909. The van der Waals surface area contributed by atoms with Crippen molar-refractivity contribution in [2.75, 3.05) is 4.90 Å². The van der Waals surface area contributed by atoms with Crippen molar-refractivity contribution in [2.24, 2.45) is 0 Å². The molecule has 1 saturated carbocycles. The first-order chi connectivity index (χ1) is 33.2. The molecule has 0 amide bonds. The Balaban J connectivity index is 1.07. The molecule has 0 aliphatic heterocycles. The summed E-state index contributed by atoms with van der Waals surface area (Å²) in [5, 5.41) is 7.67. The zero-order valence-electron chi connectivity index (χ0n) is 37.1. The van der Waals surface area contributed by atoms with E-state index in [0.29, 0.717) is 0 Å². The number of hydrogen-bond donors (Lipinski definition) is 0. The molecule has 2 spiro atoms. The summed E-state index contributed by atoms with van der Waals surface area (Å²) < 4.78 is 0. The van der Waals surface area contributed by atoms with Crippen LogP contribution in [0.15, 0.2) is 224 Å². The van der Waals surface area contributed by atoms with Gasteiger partial charge in [-0.15, -0.1) is 0 Å². The summed E-state index contributed by atoms with van der Waals surface area (Å²) in [6.45, 7) is 0. The molecule has 1 heteroatoms. The number of anilines is 3. The maximum absolute atomic E-state index is 2.61. The molecule has 0 bridgehead atoms. The Morgan fingerprint density at radius 2 is 0.716 bits per heavy atom. The van der Waals surface area contributed by atoms with Crippen molar-refractivity contribution in [2.45, 2.75) is 36.5 Å². The minimum atomic E-state index is -0.487. The number of benzene rings is 11. The monoisotopic (exact) mass is 851 g/mol. The molecule has 67 heavy (non-hydrogen) atoms. The molecule has 0 aromatic heterocycles. The summed E-state index contributed by atoms with van der Waals surface area (Å²) in [7, 11) is 0. The van der Waals surface area contributed by atoms with Crippen molar-refractivity contribution in [3.63, 3.8) is 0 Å². The Hall–Kier alpha value is -8.00. The smallest absolute Gasteiger partial charge is 0.0726 e. The van der Waals surface area contributed by atoms with Gasteiger partial charge in [0.1, 0.15) is 0 Å². The van der Waals surface area contributed by atoms with Crippen LogP contribution in [-0.4, -0.2) is 0 Å². The third kappa shape index (κ3) is 4.88. The zero-order chi connectivity index (χ0) is 43.8. The summed E-state index contributed by atoms with van der Waals surface area (Å²) >= 11 is 0. The van der Waals surface area contributed by atoms with Crippen molar-refractivity contribution in [3.8, 4) is 44.5 Å². The maximum atomic E-state index is 2.61. The van der Waals surface area contributed by atoms with Gasteiger partial charge in [-0.3, -0.25) is 0 Å². The Morgan fingerprint density at radius 3 is 1.33 bits per heavy atom. The minimum absolute atomic E-state index is 0.0857. The summed E-state index contributed by atoms with van der Waals surface area (Å²) in [6, 6.07) is 85.7. The lowest BCUT2D eigenvalue weighted by Gasteiger charge is -2.34. The van der Waals surface area contributed by atoms with E-state index < -0.39 is 5.41 Å². The van der Waals surface area contributed by atoms with Gasteiger partial charge in [0, 0.05) is 22.4 Å². The lowest BCUT2D eigenvalue weighted by atomic mass is 9.70. The highest BCUT2D eigenvalue weighted by Crippen LogP contribution is 2.65. The number of rotatable bonds is 4. The van der Waals surface area contributed by atoms with Crippen LogP contribution >= 0.6 is 0 Å². The van der Waals surface area contributed by atoms with Gasteiger partial charge in [-0.05, 0) is 154 Å². The molecule has 0 saturated heterocycles. The zero-order valence-corrected chi connectivity index (χ0v) is 37.1. The molecule has 1 nitrogen and oxygen atoms in total. The van der Waals surface area contributed by atoms with Gasteiger partial charge in [0.05, 0.1) is 11.1 Å². The normalized spacial score (nSPS) is 15.2. The topological polar surface area (TPSA) is 3.24 Å². The van der Waals surface area contributed by atoms with Gasteiger partial charge in [-0.25, -0.2) is 0 Å². The van der Waals surface area contributed by atoms with Gasteiger partial charge in [0.15, 0.2) is 0 Å². The molecule has 0 radical (unpaired) electrons. The Morgan fingerprint density at radius 1 is 0.284 bits per heavy atom. The van der Waals surface area contributed by atoms with E-state index in [4.69, 9.17) is 0 Å². The molecule has 4 aliphatic rings. The van der Waals surface area contributed by atoms with E-state index in [0.717, 1.165) is 5.69 Å². The van der Waals surface area contributed by atoms with E-state index in [1.807, 2.05) is 0 Å². The molecule has 314 valence electrons. The van der Waals surface area contributed by atoms with E-state index in [1.165, 1.54) is 147 Å². The predicted molar refractivity (Wildman–Crippen MR) is 280 cm³/mol. The van der Waals surface area contributed by atoms with Gasteiger partial charge in [-0.1, -0.05) is 201 Å². The van der Waals surface area contributed by atoms with E-state index in [2.05, 4.69) is 229 Å². The van der Waals surface area contributed by atoms with Crippen molar-refractivity contribution in [3.05, 3.63) is 258 Å². The molecule has 11 aromatic carbocycles. The molecular formula is C66H45N. The van der Waals surface area contributed by atoms with Crippen LogP contribution < -0.4 is 4.90 Å². The first kappa shape index (κ1) is 37.2. The molecule has 0 atom stereocenters. The van der Waals surface area contributed by atoms with Crippen LogP contribution in [-0.2, 0) is 10.8 Å². The number of fused-ring (bicyclic) bond motifs is 21. The van der Waals surface area contributed by atoms with E-state index in [1.54, 1.807) is 0 Å².